The largest absolute Gasteiger partial charge is 0.493 e. The van der Waals surface area contributed by atoms with Crippen LogP contribution in [0.15, 0.2) is 24.3 Å². The smallest absolute Gasteiger partial charge is 0.122 e. The molecule has 1 aromatic carbocycles. The summed E-state index contributed by atoms with van der Waals surface area (Å²) in [5.74, 6) is 2.97. The summed E-state index contributed by atoms with van der Waals surface area (Å²) in [6, 6.07) is 8.45. The quantitative estimate of drug-likeness (QED) is 0.741. The minimum Gasteiger partial charge on any atom is -0.493 e. The van der Waals surface area contributed by atoms with Crippen molar-refractivity contribution in [2.24, 2.45) is 11.8 Å². The molecule has 0 fully saturated rings. The Morgan fingerprint density at radius 3 is 2.90 bits per heavy atom. The lowest BCUT2D eigenvalue weighted by atomic mass is 9.84. The van der Waals surface area contributed by atoms with Crippen LogP contribution >= 0.6 is 0 Å². The lowest BCUT2D eigenvalue weighted by Crippen LogP contribution is -2.30. The van der Waals surface area contributed by atoms with E-state index in [0.29, 0.717) is 17.8 Å². The molecule has 2 atom stereocenters. The molecule has 3 nitrogen and oxygen atoms in total. The summed E-state index contributed by atoms with van der Waals surface area (Å²) < 4.78 is 10.9. The van der Waals surface area contributed by atoms with Gasteiger partial charge < -0.3 is 14.8 Å². The molecule has 0 radical (unpaired) electrons. The molecule has 1 aliphatic rings. The van der Waals surface area contributed by atoms with Gasteiger partial charge in [0, 0.05) is 25.1 Å². The van der Waals surface area contributed by atoms with Gasteiger partial charge in [0.2, 0.25) is 0 Å². The molecule has 0 aromatic heterocycles. The van der Waals surface area contributed by atoms with Crippen molar-refractivity contribution in [3.63, 3.8) is 0 Å². The molecule has 0 amide bonds. The topological polar surface area (TPSA) is 30.5 Å². The summed E-state index contributed by atoms with van der Waals surface area (Å²) in [4.78, 5) is 0. The van der Waals surface area contributed by atoms with Crippen LogP contribution in [-0.4, -0.2) is 33.4 Å². The molecular formula is C17H27NO2. The van der Waals surface area contributed by atoms with Crippen LogP contribution in [0.3, 0.4) is 0 Å². The van der Waals surface area contributed by atoms with E-state index in [4.69, 9.17) is 9.47 Å². The zero-order valence-corrected chi connectivity index (χ0v) is 12.9. The van der Waals surface area contributed by atoms with E-state index in [2.05, 4.69) is 37.4 Å². The first-order chi connectivity index (χ1) is 9.72. The first-order valence-corrected chi connectivity index (χ1v) is 7.63. The van der Waals surface area contributed by atoms with Gasteiger partial charge >= 0.3 is 0 Å². The molecule has 2 rings (SSSR count). The van der Waals surface area contributed by atoms with Crippen LogP contribution in [0.1, 0.15) is 31.7 Å². The molecule has 0 aliphatic carbocycles. The second-order valence-electron chi connectivity index (χ2n) is 5.98. The number of hydrogen-bond acceptors (Lipinski definition) is 3. The van der Waals surface area contributed by atoms with Gasteiger partial charge in [0.05, 0.1) is 13.2 Å². The predicted molar refractivity (Wildman–Crippen MR) is 82.4 cm³/mol. The molecule has 1 aromatic rings. The third-order valence-corrected chi connectivity index (χ3v) is 4.22. The zero-order chi connectivity index (χ0) is 14.4. The standard InChI is InChI=1S/C17H27NO2/c1-13(2)14(11-18-8-9-19-3)10-15-12-20-17-7-5-4-6-16(15)17/h4-7,13-15,18H,8-12H2,1-3H3. The predicted octanol–water partition coefficient (Wildman–Crippen LogP) is 3.06. The van der Waals surface area contributed by atoms with E-state index in [1.54, 1.807) is 7.11 Å². The third kappa shape index (κ3) is 3.97. The minimum atomic E-state index is 0.544. The lowest BCUT2D eigenvalue weighted by Gasteiger charge is -2.24. The van der Waals surface area contributed by atoms with Gasteiger partial charge in [-0.25, -0.2) is 0 Å². The Balaban J connectivity index is 1.89. The van der Waals surface area contributed by atoms with Crippen molar-refractivity contribution in [2.45, 2.75) is 26.2 Å². The monoisotopic (exact) mass is 277 g/mol. The third-order valence-electron chi connectivity index (χ3n) is 4.22. The van der Waals surface area contributed by atoms with Gasteiger partial charge in [-0.15, -0.1) is 0 Å². The van der Waals surface area contributed by atoms with E-state index in [9.17, 15) is 0 Å². The summed E-state index contributed by atoms with van der Waals surface area (Å²) in [5.41, 5.74) is 1.38. The summed E-state index contributed by atoms with van der Waals surface area (Å²) in [6.07, 6.45) is 1.19. The van der Waals surface area contributed by atoms with Gasteiger partial charge in [0.15, 0.2) is 0 Å². The molecule has 1 N–H and O–H groups in total. The highest BCUT2D eigenvalue weighted by molar-refractivity contribution is 5.39. The van der Waals surface area contributed by atoms with E-state index in [-0.39, 0.29) is 0 Å². The van der Waals surface area contributed by atoms with Crippen LogP contribution in [0.2, 0.25) is 0 Å². The van der Waals surface area contributed by atoms with Crippen LogP contribution in [-0.2, 0) is 4.74 Å². The maximum Gasteiger partial charge on any atom is 0.122 e. The average Bonchev–Trinajstić information content (AvgIpc) is 2.85. The second kappa shape index (κ2) is 7.65. The molecule has 0 saturated carbocycles. The van der Waals surface area contributed by atoms with Crippen LogP contribution in [0.4, 0.5) is 0 Å². The summed E-state index contributed by atoms with van der Waals surface area (Å²) >= 11 is 0. The molecule has 112 valence electrons. The molecule has 0 saturated heterocycles. The van der Waals surface area contributed by atoms with Crippen molar-refractivity contribution in [3.8, 4) is 5.75 Å². The van der Waals surface area contributed by atoms with Gasteiger partial charge in [-0.1, -0.05) is 32.0 Å². The maximum absolute atomic E-state index is 5.79. The number of para-hydroxylation sites is 1. The Kier molecular flexibility index (Phi) is 5.86. The molecule has 1 aliphatic heterocycles. The van der Waals surface area contributed by atoms with Gasteiger partial charge in [-0.3, -0.25) is 0 Å². The highest BCUT2D eigenvalue weighted by Crippen LogP contribution is 2.38. The number of rotatable bonds is 8. The van der Waals surface area contributed by atoms with E-state index < -0.39 is 0 Å². The van der Waals surface area contributed by atoms with Crippen molar-refractivity contribution in [2.75, 3.05) is 33.4 Å². The van der Waals surface area contributed by atoms with Crippen molar-refractivity contribution in [1.29, 1.82) is 0 Å². The number of nitrogens with one attached hydrogen (secondary N) is 1. The Morgan fingerprint density at radius 2 is 2.15 bits per heavy atom. The van der Waals surface area contributed by atoms with Crippen molar-refractivity contribution in [1.82, 2.24) is 5.32 Å². The molecule has 2 unspecified atom stereocenters. The van der Waals surface area contributed by atoms with Gasteiger partial charge in [0.25, 0.3) is 0 Å². The first kappa shape index (κ1) is 15.3. The van der Waals surface area contributed by atoms with Crippen molar-refractivity contribution >= 4 is 0 Å². The average molecular weight is 277 g/mol. The van der Waals surface area contributed by atoms with Crippen molar-refractivity contribution in [3.05, 3.63) is 29.8 Å². The van der Waals surface area contributed by atoms with E-state index >= 15 is 0 Å². The Morgan fingerprint density at radius 1 is 1.35 bits per heavy atom. The molecule has 0 spiro atoms. The summed E-state index contributed by atoms with van der Waals surface area (Å²) in [5, 5.41) is 3.50. The summed E-state index contributed by atoms with van der Waals surface area (Å²) in [7, 11) is 1.74. The number of benzene rings is 1. The molecular weight excluding hydrogens is 250 g/mol. The van der Waals surface area contributed by atoms with Crippen LogP contribution in [0.5, 0.6) is 5.75 Å². The second-order valence-corrected chi connectivity index (χ2v) is 5.98. The Hall–Kier alpha value is -1.06. The molecule has 1 heterocycles. The normalized spacial score (nSPS) is 18.9. The SMILES string of the molecule is COCCNCC(CC1COc2ccccc21)C(C)C. The van der Waals surface area contributed by atoms with Crippen LogP contribution < -0.4 is 10.1 Å². The number of ether oxygens (including phenoxy) is 2. The fourth-order valence-electron chi connectivity index (χ4n) is 2.84. The molecule has 20 heavy (non-hydrogen) atoms. The number of fused-ring (bicyclic) bond motifs is 1. The minimum absolute atomic E-state index is 0.544. The highest BCUT2D eigenvalue weighted by Gasteiger charge is 2.27. The lowest BCUT2D eigenvalue weighted by molar-refractivity contribution is 0.194. The van der Waals surface area contributed by atoms with Gasteiger partial charge in [0.1, 0.15) is 5.75 Å². The number of methoxy groups -OCH3 is 1. The zero-order valence-electron chi connectivity index (χ0n) is 12.9. The highest BCUT2D eigenvalue weighted by atomic mass is 16.5. The fourth-order valence-corrected chi connectivity index (χ4v) is 2.84. The van der Waals surface area contributed by atoms with Gasteiger partial charge in [-0.05, 0) is 30.9 Å². The van der Waals surface area contributed by atoms with Crippen molar-refractivity contribution < 1.29 is 9.47 Å². The molecule has 0 bridgehead atoms. The summed E-state index contributed by atoms with van der Waals surface area (Å²) in [6.45, 7) is 8.22. The number of hydrogen-bond donors (Lipinski definition) is 1. The van der Waals surface area contributed by atoms with E-state index in [0.717, 1.165) is 32.1 Å². The molecule has 3 heteroatoms. The van der Waals surface area contributed by atoms with E-state index in [1.807, 2.05) is 6.07 Å². The van der Waals surface area contributed by atoms with Crippen LogP contribution in [0.25, 0.3) is 0 Å². The van der Waals surface area contributed by atoms with Crippen LogP contribution in [0, 0.1) is 11.8 Å². The van der Waals surface area contributed by atoms with Gasteiger partial charge in [-0.2, -0.15) is 0 Å². The maximum atomic E-state index is 5.79. The first-order valence-electron chi connectivity index (χ1n) is 7.63. The van der Waals surface area contributed by atoms with E-state index in [1.165, 1.54) is 12.0 Å². The fraction of sp³-hybridized carbons (Fsp3) is 0.647. The Labute approximate surface area is 122 Å². The Bertz CT molecular complexity index is 406.